The van der Waals surface area contributed by atoms with Crippen LogP contribution in [0, 0.1) is 34.0 Å². The minimum Gasteiger partial charge on any atom is -0.197 e. The van der Waals surface area contributed by atoms with Crippen LogP contribution in [0.5, 0.6) is 0 Å². The van der Waals surface area contributed by atoms with E-state index >= 15 is 0 Å². The van der Waals surface area contributed by atoms with Crippen molar-refractivity contribution in [1.82, 2.24) is 0 Å². The summed E-state index contributed by atoms with van der Waals surface area (Å²) in [4.78, 5) is 0. The molecule has 0 aliphatic rings. The Bertz CT molecular complexity index is 775. The first-order valence-electron chi connectivity index (χ1n) is 8.45. The SMILES string of the molecule is C/C=C/C(Cc1ccccc1)C(C#N)(C#N)CC=Cc1ccccc1. The standard InChI is InChI=1S/C23H22N2/c1-2-10-22(17-21-13-7-4-8-14-21)23(18-24,19-25)16-9-15-20-11-5-3-6-12-20/h2-15,22H,16-17H2,1H3/b10-2+,15-9?. The molecule has 2 aromatic rings. The van der Waals surface area contributed by atoms with Crippen LogP contribution in [-0.2, 0) is 6.42 Å². The van der Waals surface area contributed by atoms with Crippen LogP contribution in [0.15, 0.2) is 78.9 Å². The van der Waals surface area contributed by atoms with Gasteiger partial charge in [0.2, 0.25) is 0 Å². The summed E-state index contributed by atoms with van der Waals surface area (Å²) in [5.74, 6) is -0.157. The number of nitrogens with zero attached hydrogens (tertiary/aromatic N) is 2. The van der Waals surface area contributed by atoms with E-state index in [1.54, 1.807) is 0 Å². The minimum absolute atomic E-state index is 0.157. The summed E-state index contributed by atoms with van der Waals surface area (Å²) in [6, 6.07) is 24.5. The van der Waals surface area contributed by atoms with Crippen LogP contribution in [-0.4, -0.2) is 0 Å². The van der Waals surface area contributed by atoms with Gasteiger partial charge in [0.25, 0.3) is 0 Å². The highest BCUT2D eigenvalue weighted by Crippen LogP contribution is 2.35. The van der Waals surface area contributed by atoms with E-state index in [4.69, 9.17) is 0 Å². The molecule has 2 heteroatoms. The Balaban J connectivity index is 2.24. The number of benzene rings is 2. The molecule has 1 unspecified atom stereocenters. The van der Waals surface area contributed by atoms with E-state index in [1.807, 2.05) is 91.9 Å². The molecule has 25 heavy (non-hydrogen) atoms. The molecule has 0 bridgehead atoms. The van der Waals surface area contributed by atoms with E-state index in [1.165, 1.54) is 0 Å². The monoisotopic (exact) mass is 326 g/mol. The predicted molar refractivity (Wildman–Crippen MR) is 102 cm³/mol. The van der Waals surface area contributed by atoms with Gasteiger partial charge in [0.1, 0.15) is 0 Å². The number of allylic oxidation sites excluding steroid dienone is 3. The molecular weight excluding hydrogens is 304 g/mol. The van der Waals surface area contributed by atoms with Gasteiger partial charge in [0.15, 0.2) is 5.41 Å². The molecule has 0 saturated heterocycles. The molecule has 0 saturated carbocycles. The maximum atomic E-state index is 9.81. The third-order valence-electron chi connectivity index (χ3n) is 4.30. The Kier molecular flexibility index (Phi) is 6.76. The van der Waals surface area contributed by atoms with Crippen LogP contribution in [0.25, 0.3) is 6.08 Å². The van der Waals surface area contributed by atoms with Crippen molar-refractivity contribution in [2.75, 3.05) is 0 Å². The smallest absolute Gasteiger partial charge is 0.153 e. The predicted octanol–water partition coefficient (Wildman–Crippen LogP) is 5.56. The van der Waals surface area contributed by atoms with Crippen LogP contribution in [0.4, 0.5) is 0 Å². The van der Waals surface area contributed by atoms with Gasteiger partial charge in [-0.1, -0.05) is 85.0 Å². The second-order valence-electron chi connectivity index (χ2n) is 6.03. The molecule has 0 aliphatic carbocycles. The van der Waals surface area contributed by atoms with Crippen molar-refractivity contribution in [2.45, 2.75) is 19.8 Å². The Morgan fingerprint density at radius 1 is 0.960 bits per heavy atom. The molecule has 0 spiro atoms. The molecule has 0 fully saturated rings. The van der Waals surface area contributed by atoms with E-state index in [2.05, 4.69) is 12.1 Å². The van der Waals surface area contributed by atoms with Gasteiger partial charge >= 0.3 is 0 Å². The van der Waals surface area contributed by atoms with Crippen molar-refractivity contribution in [3.05, 3.63) is 90.0 Å². The number of hydrogen-bond donors (Lipinski definition) is 0. The summed E-state index contributed by atoms with van der Waals surface area (Å²) in [6.45, 7) is 1.93. The van der Waals surface area contributed by atoms with E-state index in [9.17, 15) is 10.5 Å². The van der Waals surface area contributed by atoms with Crippen LogP contribution < -0.4 is 0 Å². The molecule has 1 atom stereocenters. The number of hydrogen-bond acceptors (Lipinski definition) is 2. The van der Waals surface area contributed by atoms with Gasteiger partial charge in [-0.05, 0) is 30.9 Å². The van der Waals surface area contributed by atoms with E-state index in [0.717, 1.165) is 11.1 Å². The van der Waals surface area contributed by atoms with Crippen molar-refractivity contribution in [1.29, 1.82) is 10.5 Å². The zero-order chi connectivity index (χ0) is 18.0. The van der Waals surface area contributed by atoms with Crippen LogP contribution in [0.1, 0.15) is 24.5 Å². The lowest BCUT2D eigenvalue weighted by Gasteiger charge is -2.26. The highest BCUT2D eigenvalue weighted by atomic mass is 14.4. The normalized spacial score (nSPS) is 12.8. The fourth-order valence-corrected chi connectivity index (χ4v) is 2.89. The third-order valence-corrected chi connectivity index (χ3v) is 4.30. The Hall–Kier alpha value is -3.10. The van der Waals surface area contributed by atoms with Gasteiger partial charge in [-0.3, -0.25) is 0 Å². The molecule has 2 nitrogen and oxygen atoms in total. The topological polar surface area (TPSA) is 47.6 Å². The van der Waals surface area contributed by atoms with E-state index in [0.29, 0.717) is 12.8 Å². The summed E-state index contributed by atoms with van der Waals surface area (Å²) < 4.78 is 0. The van der Waals surface area contributed by atoms with Gasteiger partial charge in [-0.2, -0.15) is 10.5 Å². The van der Waals surface area contributed by atoms with Gasteiger partial charge in [-0.15, -0.1) is 0 Å². The molecule has 0 aromatic heterocycles. The van der Waals surface area contributed by atoms with E-state index < -0.39 is 5.41 Å². The van der Waals surface area contributed by atoms with Crippen molar-refractivity contribution < 1.29 is 0 Å². The van der Waals surface area contributed by atoms with Crippen LogP contribution in [0.3, 0.4) is 0 Å². The molecule has 0 amide bonds. The van der Waals surface area contributed by atoms with Gasteiger partial charge in [0.05, 0.1) is 12.1 Å². The first kappa shape index (κ1) is 18.2. The molecule has 0 aliphatic heterocycles. The molecule has 0 heterocycles. The lowest BCUT2D eigenvalue weighted by atomic mass is 9.72. The molecule has 124 valence electrons. The lowest BCUT2D eigenvalue weighted by Crippen LogP contribution is -2.27. The number of nitriles is 2. The summed E-state index contributed by atoms with van der Waals surface area (Å²) in [5, 5.41) is 19.6. The average molecular weight is 326 g/mol. The average Bonchev–Trinajstić information content (AvgIpc) is 2.67. The first-order valence-corrected chi connectivity index (χ1v) is 8.45. The zero-order valence-corrected chi connectivity index (χ0v) is 14.5. The molecule has 2 aromatic carbocycles. The highest BCUT2D eigenvalue weighted by Gasteiger charge is 2.37. The van der Waals surface area contributed by atoms with Crippen LogP contribution >= 0.6 is 0 Å². The second kappa shape index (κ2) is 9.26. The quantitative estimate of drug-likeness (QED) is 0.625. The lowest BCUT2D eigenvalue weighted by molar-refractivity contribution is 0.381. The van der Waals surface area contributed by atoms with Gasteiger partial charge in [-0.25, -0.2) is 0 Å². The van der Waals surface area contributed by atoms with E-state index in [-0.39, 0.29) is 5.92 Å². The maximum absolute atomic E-state index is 9.81. The van der Waals surface area contributed by atoms with Crippen LogP contribution in [0.2, 0.25) is 0 Å². The summed E-state index contributed by atoms with van der Waals surface area (Å²) in [5.41, 5.74) is 1.12. The fraction of sp³-hybridized carbons (Fsp3) is 0.217. The molecule has 2 rings (SSSR count). The largest absolute Gasteiger partial charge is 0.197 e. The van der Waals surface area contributed by atoms with Crippen molar-refractivity contribution in [3.63, 3.8) is 0 Å². The Morgan fingerprint density at radius 3 is 2.12 bits per heavy atom. The van der Waals surface area contributed by atoms with Gasteiger partial charge in [0, 0.05) is 5.92 Å². The summed E-state index contributed by atoms with van der Waals surface area (Å²) >= 11 is 0. The highest BCUT2D eigenvalue weighted by molar-refractivity contribution is 5.49. The molecule has 0 N–H and O–H groups in total. The van der Waals surface area contributed by atoms with Gasteiger partial charge < -0.3 is 0 Å². The zero-order valence-electron chi connectivity index (χ0n) is 14.5. The first-order chi connectivity index (χ1) is 12.2. The summed E-state index contributed by atoms with van der Waals surface area (Å²) in [6.07, 6.45) is 8.89. The van der Waals surface area contributed by atoms with Crippen molar-refractivity contribution in [2.24, 2.45) is 11.3 Å². The fourth-order valence-electron chi connectivity index (χ4n) is 2.89. The van der Waals surface area contributed by atoms with Crippen molar-refractivity contribution in [3.8, 4) is 12.1 Å². The Labute approximate surface area is 150 Å². The molecular formula is C23H22N2. The molecule has 0 radical (unpaired) electrons. The minimum atomic E-state index is -1.08. The van der Waals surface area contributed by atoms with Crippen molar-refractivity contribution >= 4 is 6.08 Å². The second-order valence-corrected chi connectivity index (χ2v) is 6.03. The number of rotatable bonds is 7. The summed E-state index contributed by atoms with van der Waals surface area (Å²) in [7, 11) is 0. The Morgan fingerprint density at radius 2 is 1.56 bits per heavy atom. The maximum Gasteiger partial charge on any atom is 0.153 e. The third kappa shape index (κ3) is 4.93.